The van der Waals surface area contributed by atoms with Gasteiger partial charge in [-0.3, -0.25) is 0 Å². The van der Waals surface area contributed by atoms with Gasteiger partial charge < -0.3 is 9.84 Å². The van der Waals surface area contributed by atoms with E-state index < -0.39 is 0 Å². The molecule has 0 aliphatic heterocycles. The zero-order valence-corrected chi connectivity index (χ0v) is 13.1. The minimum Gasteiger partial charge on any atom is -0.508 e. The fraction of sp³-hybridized carbons (Fsp3) is 0.263. The molecule has 0 atom stereocenters. The smallest absolute Gasteiger partial charge is 0.149 e. The number of phenols is 1. The molecule has 4 rings (SSSR count). The van der Waals surface area contributed by atoms with Gasteiger partial charge in [-0.05, 0) is 43.0 Å². The van der Waals surface area contributed by atoms with Crippen LogP contribution in [0.4, 0.5) is 0 Å². The lowest BCUT2D eigenvalue weighted by Gasteiger charge is -2.12. The van der Waals surface area contributed by atoms with Gasteiger partial charge in [0.25, 0.3) is 0 Å². The summed E-state index contributed by atoms with van der Waals surface area (Å²) in [4.78, 5) is 1.36. The van der Waals surface area contributed by atoms with Crippen LogP contribution in [0, 0.1) is 0 Å². The van der Waals surface area contributed by atoms with Crippen molar-refractivity contribution in [3.63, 3.8) is 0 Å². The Morgan fingerprint density at radius 3 is 2.64 bits per heavy atom. The third kappa shape index (κ3) is 2.46. The first kappa shape index (κ1) is 13.6. The van der Waals surface area contributed by atoms with Crippen molar-refractivity contribution in [1.29, 1.82) is 0 Å². The Bertz CT molecular complexity index is 800. The number of hydrogen-bond donors (Lipinski definition) is 1. The molecule has 0 unspecified atom stereocenters. The molecule has 22 heavy (non-hydrogen) atoms. The fourth-order valence-corrected chi connectivity index (χ4v) is 4.57. The van der Waals surface area contributed by atoms with Crippen molar-refractivity contribution in [2.24, 2.45) is 0 Å². The summed E-state index contributed by atoms with van der Waals surface area (Å²) in [5, 5.41) is 10.8. The molecule has 0 radical (unpaired) electrons. The summed E-state index contributed by atoms with van der Waals surface area (Å²) in [6.45, 7) is 0. The molecule has 1 saturated carbocycles. The molecule has 2 aromatic carbocycles. The van der Waals surface area contributed by atoms with Gasteiger partial charge in [0, 0.05) is 16.2 Å². The Kier molecular flexibility index (Phi) is 3.51. The lowest BCUT2D eigenvalue weighted by molar-refractivity contribution is 0.454. The van der Waals surface area contributed by atoms with Gasteiger partial charge in [-0.15, -0.1) is 11.3 Å². The summed E-state index contributed by atoms with van der Waals surface area (Å²) in [6.07, 6.45) is 5.13. The first-order valence-corrected chi connectivity index (χ1v) is 8.61. The Hall–Kier alpha value is -2.00. The van der Waals surface area contributed by atoms with Crippen LogP contribution in [0.5, 0.6) is 17.2 Å². The molecule has 1 heterocycles. The molecule has 1 aromatic heterocycles. The second-order valence-corrected chi connectivity index (χ2v) is 6.96. The predicted octanol–water partition coefficient (Wildman–Crippen LogP) is 6.06. The van der Waals surface area contributed by atoms with Crippen LogP contribution in [0.3, 0.4) is 0 Å². The van der Waals surface area contributed by atoms with Crippen molar-refractivity contribution in [2.75, 3.05) is 0 Å². The highest BCUT2D eigenvalue weighted by Gasteiger charge is 2.25. The van der Waals surface area contributed by atoms with Crippen LogP contribution >= 0.6 is 11.3 Å². The molecule has 112 valence electrons. The summed E-state index contributed by atoms with van der Waals surface area (Å²) in [5.41, 5.74) is 0. The summed E-state index contributed by atoms with van der Waals surface area (Å²) in [5.74, 6) is 2.53. The Morgan fingerprint density at radius 2 is 1.82 bits per heavy atom. The van der Waals surface area contributed by atoms with Crippen molar-refractivity contribution >= 4 is 21.4 Å². The molecule has 1 aliphatic rings. The normalized spacial score (nSPS) is 15.5. The third-order valence-electron chi connectivity index (χ3n) is 4.34. The number of thiophene rings is 1. The van der Waals surface area contributed by atoms with Crippen molar-refractivity contribution < 1.29 is 9.84 Å². The van der Waals surface area contributed by atoms with Crippen molar-refractivity contribution in [2.45, 2.75) is 31.6 Å². The minimum absolute atomic E-state index is 0.236. The summed E-state index contributed by atoms with van der Waals surface area (Å²) in [6, 6.07) is 15.5. The van der Waals surface area contributed by atoms with Crippen LogP contribution in [-0.2, 0) is 0 Å². The van der Waals surface area contributed by atoms with E-state index in [2.05, 4.69) is 24.3 Å². The quantitative estimate of drug-likeness (QED) is 0.637. The minimum atomic E-state index is 0.236. The van der Waals surface area contributed by atoms with Crippen molar-refractivity contribution in [3.05, 3.63) is 53.4 Å². The van der Waals surface area contributed by atoms with Gasteiger partial charge in [0.05, 0.1) is 4.88 Å². The van der Waals surface area contributed by atoms with Gasteiger partial charge in [-0.2, -0.15) is 0 Å². The second kappa shape index (κ2) is 5.65. The van der Waals surface area contributed by atoms with Gasteiger partial charge in [0.2, 0.25) is 0 Å². The number of fused-ring (bicyclic) bond motifs is 1. The van der Waals surface area contributed by atoms with Crippen molar-refractivity contribution in [3.8, 4) is 17.2 Å². The average Bonchev–Trinajstić information content (AvgIpc) is 3.15. The van der Waals surface area contributed by atoms with Crippen LogP contribution in [-0.4, -0.2) is 5.11 Å². The molecular weight excluding hydrogens is 292 g/mol. The maximum Gasteiger partial charge on any atom is 0.149 e. The van der Waals surface area contributed by atoms with E-state index in [1.54, 1.807) is 12.1 Å². The van der Waals surface area contributed by atoms with Crippen LogP contribution in [0.1, 0.15) is 36.5 Å². The number of ether oxygens (including phenoxy) is 1. The second-order valence-electron chi connectivity index (χ2n) is 5.87. The zero-order chi connectivity index (χ0) is 14.9. The molecule has 3 aromatic rings. The molecular formula is C19H18O2S. The lowest BCUT2D eigenvalue weighted by Crippen LogP contribution is -1.92. The number of rotatable bonds is 3. The van der Waals surface area contributed by atoms with E-state index in [-0.39, 0.29) is 5.75 Å². The molecule has 0 amide bonds. The van der Waals surface area contributed by atoms with E-state index >= 15 is 0 Å². The van der Waals surface area contributed by atoms with Gasteiger partial charge in [0.15, 0.2) is 0 Å². The van der Waals surface area contributed by atoms with Gasteiger partial charge >= 0.3 is 0 Å². The largest absolute Gasteiger partial charge is 0.508 e. The topological polar surface area (TPSA) is 29.5 Å². The van der Waals surface area contributed by atoms with E-state index in [1.807, 2.05) is 23.5 Å². The zero-order valence-electron chi connectivity index (χ0n) is 12.3. The maximum atomic E-state index is 9.66. The number of aromatic hydroxyl groups is 1. The first-order valence-electron chi connectivity index (χ1n) is 7.79. The Morgan fingerprint density at radius 1 is 1.00 bits per heavy atom. The van der Waals surface area contributed by atoms with Crippen molar-refractivity contribution in [1.82, 2.24) is 0 Å². The first-order chi connectivity index (χ1) is 10.8. The number of benzene rings is 2. The van der Waals surface area contributed by atoms with E-state index in [4.69, 9.17) is 4.74 Å². The molecule has 1 aliphatic carbocycles. The fourth-order valence-electron chi connectivity index (χ4n) is 3.27. The molecule has 1 N–H and O–H groups in total. The number of phenolic OH excluding ortho intramolecular Hbond substituents is 1. The van der Waals surface area contributed by atoms with Crippen LogP contribution in [0.15, 0.2) is 48.5 Å². The van der Waals surface area contributed by atoms with Gasteiger partial charge in [0.1, 0.15) is 17.2 Å². The van der Waals surface area contributed by atoms with Gasteiger partial charge in [-0.25, -0.2) is 0 Å². The molecule has 0 spiro atoms. The van der Waals surface area contributed by atoms with E-state index in [1.165, 1.54) is 40.6 Å². The standard InChI is InChI=1S/C19H18O2S/c20-14-8-5-9-15(12-14)21-18-16-10-3-4-11-17(16)22-19(18)13-6-1-2-7-13/h3-5,8-13,20H,1-2,6-7H2. The van der Waals surface area contributed by atoms with E-state index in [0.717, 1.165) is 5.75 Å². The highest BCUT2D eigenvalue weighted by atomic mass is 32.1. The molecule has 3 heteroatoms. The van der Waals surface area contributed by atoms with Crippen LogP contribution < -0.4 is 4.74 Å². The van der Waals surface area contributed by atoms with Crippen LogP contribution in [0.2, 0.25) is 0 Å². The summed E-state index contributed by atoms with van der Waals surface area (Å²) >= 11 is 1.86. The monoisotopic (exact) mass is 310 g/mol. The highest BCUT2D eigenvalue weighted by Crippen LogP contribution is 2.48. The van der Waals surface area contributed by atoms with Gasteiger partial charge in [-0.1, -0.05) is 31.0 Å². The molecule has 0 bridgehead atoms. The maximum absolute atomic E-state index is 9.66. The number of hydrogen-bond acceptors (Lipinski definition) is 3. The van der Waals surface area contributed by atoms with Crippen LogP contribution in [0.25, 0.3) is 10.1 Å². The Labute approximate surface area is 134 Å². The SMILES string of the molecule is Oc1cccc(Oc2c(C3CCCC3)sc3ccccc23)c1. The third-order valence-corrected chi connectivity index (χ3v) is 5.65. The van der Waals surface area contributed by atoms with E-state index in [0.29, 0.717) is 11.7 Å². The lowest BCUT2D eigenvalue weighted by atomic mass is 10.0. The molecule has 0 saturated heterocycles. The summed E-state index contributed by atoms with van der Waals surface area (Å²) < 4.78 is 7.48. The predicted molar refractivity (Wildman–Crippen MR) is 91.2 cm³/mol. The van der Waals surface area contributed by atoms with E-state index in [9.17, 15) is 5.11 Å². The highest BCUT2D eigenvalue weighted by molar-refractivity contribution is 7.19. The molecule has 1 fully saturated rings. The summed E-state index contributed by atoms with van der Waals surface area (Å²) in [7, 11) is 0. The Balaban J connectivity index is 1.81. The molecule has 2 nitrogen and oxygen atoms in total. The average molecular weight is 310 g/mol.